The maximum atomic E-state index is 13.5. The third-order valence-electron chi connectivity index (χ3n) is 5.10. The van der Waals surface area contributed by atoms with Gasteiger partial charge in [-0.3, -0.25) is 14.4 Å². The van der Waals surface area contributed by atoms with Crippen LogP contribution in [0.5, 0.6) is 0 Å². The molecule has 2 atom stereocenters. The zero-order valence-corrected chi connectivity index (χ0v) is 20.1. The summed E-state index contributed by atoms with van der Waals surface area (Å²) in [6.07, 6.45) is -7.52. The minimum absolute atomic E-state index is 0.451. The molecule has 4 N–H and O–H groups in total. The maximum absolute atomic E-state index is 13.5. The number of nitrogens with one attached hydrogen (secondary N) is 2. The number of fused-ring (bicyclic) bond motifs is 1. The first kappa shape index (κ1) is 29.4. The van der Waals surface area contributed by atoms with E-state index in [0.717, 1.165) is 6.92 Å². The van der Waals surface area contributed by atoms with Gasteiger partial charge in [-0.25, -0.2) is 13.8 Å². The molecule has 0 spiro atoms. The average Bonchev–Trinajstić information content (AvgIpc) is 2.94. The molecule has 0 fully saturated rings. The lowest BCUT2D eigenvalue weighted by atomic mass is 9.96. The van der Waals surface area contributed by atoms with Gasteiger partial charge in [0.1, 0.15) is 0 Å². The summed E-state index contributed by atoms with van der Waals surface area (Å²) in [6, 6.07) is 16.1. The van der Waals surface area contributed by atoms with Crippen molar-refractivity contribution in [1.29, 1.82) is 0 Å². The van der Waals surface area contributed by atoms with Gasteiger partial charge in [0, 0.05) is 30.4 Å². The minimum Gasteiger partial charge on any atom is -0.370 e. The highest BCUT2D eigenvalue weighted by Gasteiger charge is 2.35. The highest BCUT2D eigenvalue weighted by Crippen LogP contribution is 2.26. The third kappa shape index (κ3) is 9.62. The van der Waals surface area contributed by atoms with Crippen LogP contribution in [0.3, 0.4) is 0 Å². The molecule has 200 valence electrons. The molecule has 2 aromatic rings. The number of carbonyl (C=O) groups excluding carboxylic acids is 3. The molecule has 0 aliphatic carbocycles. The van der Waals surface area contributed by atoms with Crippen molar-refractivity contribution in [2.75, 3.05) is 5.32 Å². The Labute approximate surface area is 210 Å². The second-order valence-electron chi connectivity index (χ2n) is 8.40. The van der Waals surface area contributed by atoms with E-state index in [1.807, 2.05) is 6.07 Å². The van der Waals surface area contributed by atoms with Crippen LogP contribution < -0.4 is 16.4 Å². The van der Waals surface area contributed by atoms with Crippen molar-refractivity contribution >= 4 is 29.1 Å². The number of nitrogens with two attached hydrogens (primary N) is 1. The van der Waals surface area contributed by atoms with Gasteiger partial charge in [-0.2, -0.15) is 13.2 Å². The number of nitrogens with zero attached hydrogens (tertiary/aromatic N) is 1. The number of hydrogen-bond acceptors (Lipinski definition) is 4. The van der Waals surface area contributed by atoms with Crippen molar-refractivity contribution < 1.29 is 36.3 Å². The van der Waals surface area contributed by atoms with E-state index in [1.165, 1.54) is 0 Å². The Kier molecular flexibility index (Phi) is 9.87. The third-order valence-corrected chi connectivity index (χ3v) is 5.10. The van der Waals surface area contributed by atoms with Crippen molar-refractivity contribution in [3.8, 4) is 0 Å². The second-order valence-corrected chi connectivity index (χ2v) is 8.40. The van der Waals surface area contributed by atoms with Gasteiger partial charge in [0.2, 0.25) is 23.9 Å². The number of hydrogen-bond donors (Lipinski definition) is 3. The zero-order valence-electron chi connectivity index (χ0n) is 20.1. The summed E-state index contributed by atoms with van der Waals surface area (Å²) in [5, 5.41) is 5.09. The van der Waals surface area contributed by atoms with Crippen LogP contribution in [0.4, 0.5) is 27.6 Å². The highest BCUT2D eigenvalue weighted by atomic mass is 19.4. The Bertz CT molecular complexity index is 1130. The van der Waals surface area contributed by atoms with Crippen LogP contribution >= 0.6 is 0 Å². The summed E-state index contributed by atoms with van der Waals surface area (Å²) in [4.78, 5) is 41.2. The van der Waals surface area contributed by atoms with E-state index in [9.17, 15) is 36.3 Å². The zero-order chi connectivity index (χ0) is 27.8. The molecule has 0 saturated heterocycles. The number of benzodiazepines with no additional fused rings is 1. The van der Waals surface area contributed by atoms with E-state index >= 15 is 0 Å². The van der Waals surface area contributed by atoms with Crippen molar-refractivity contribution in [2.24, 2.45) is 16.6 Å². The Hall–Kier alpha value is -3.83. The molecule has 12 heteroatoms. The van der Waals surface area contributed by atoms with Crippen LogP contribution in [0.1, 0.15) is 44.2 Å². The van der Waals surface area contributed by atoms with E-state index in [0.29, 0.717) is 29.4 Å². The minimum atomic E-state index is -3.96. The topological polar surface area (TPSA) is 114 Å². The number of aliphatic imine (C=N–C) groups is 1. The Balaban J connectivity index is 0.000000717. The smallest absolute Gasteiger partial charge is 0.370 e. The van der Waals surface area contributed by atoms with E-state index in [-0.39, 0.29) is 0 Å². The number of amides is 3. The van der Waals surface area contributed by atoms with Crippen molar-refractivity contribution in [1.82, 2.24) is 5.32 Å². The summed E-state index contributed by atoms with van der Waals surface area (Å²) in [7, 11) is 0. The number of primary amides is 1. The molecule has 3 amide bonds. The number of carbonyl (C=O) groups is 3. The van der Waals surface area contributed by atoms with Gasteiger partial charge in [0.15, 0.2) is 0 Å². The van der Waals surface area contributed by atoms with Gasteiger partial charge in [-0.05, 0) is 13.0 Å². The van der Waals surface area contributed by atoms with Crippen molar-refractivity contribution in [2.45, 2.75) is 51.4 Å². The Morgan fingerprint density at radius 2 is 1.62 bits per heavy atom. The van der Waals surface area contributed by atoms with Gasteiger partial charge < -0.3 is 16.4 Å². The number of anilines is 1. The molecule has 1 aliphatic heterocycles. The molecule has 2 unspecified atom stereocenters. The van der Waals surface area contributed by atoms with Gasteiger partial charge >= 0.3 is 6.18 Å². The number of para-hydroxylation sites is 1. The first-order valence-corrected chi connectivity index (χ1v) is 11.3. The first-order valence-electron chi connectivity index (χ1n) is 11.3. The van der Waals surface area contributed by atoms with Crippen LogP contribution in [0.2, 0.25) is 0 Å². The van der Waals surface area contributed by atoms with Gasteiger partial charge in [0.25, 0.3) is 5.91 Å². The molecule has 0 radical (unpaired) electrons. The number of alkyl halides is 5. The largest absolute Gasteiger partial charge is 0.388 e. The lowest BCUT2D eigenvalue weighted by Gasteiger charge is -2.21. The molecule has 2 aromatic carbocycles. The lowest BCUT2D eigenvalue weighted by Crippen LogP contribution is -2.46. The predicted molar refractivity (Wildman–Crippen MR) is 128 cm³/mol. The van der Waals surface area contributed by atoms with Crippen LogP contribution in [-0.4, -0.2) is 41.7 Å². The summed E-state index contributed by atoms with van der Waals surface area (Å²) in [5.41, 5.74) is 7.43. The molecule has 1 aliphatic rings. The predicted octanol–water partition coefficient (Wildman–Crippen LogP) is 4.41. The van der Waals surface area contributed by atoms with E-state index < -0.39 is 61.2 Å². The average molecular weight is 527 g/mol. The number of rotatable bonds is 7. The first-order chi connectivity index (χ1) is 17.2. The molecule has 1 heterocycles. The Morgan fingerprint density at radius 3 is 2.16 bits per heavy atom. The van der Waals surface area contributed by atoms with Crippen LogP contribution in [-0.2, 0) is 14.4 Å². The summed E-state index contributed by atoms with van der Waals surface area (Å²) in [5.74, 6) is -7.02. The fourth-order valence-electron chi connectivity index (χ4n) is 3.37. The molecule has 3 rings (SSSR count). The van der Waals surface area contributed by atoms with Crippen LogP contribution in [0.15, 0.2) is 59.6 Å². The fourth-order valence-corrected chi connectivity index (χ4v) is 3.37. The molecule has 7 nitrogen and oxygen atoms in total. The highest BCUT2D eigenvalue weighted by molar-refractivity contribution is 6.19. The van der Waals surface area contributed by atoms with Crippen molar-refractivity contribution in [3.63, 3.8) is 0 Å². The van der Waals surface area contributed by atoms with Crippen LogP contribution in [0.25, 0.3) is 0 Å². The number of benzene rings is 2. The van der Waals surface area contributed by atoms with Crippen LogP contribution in [0, 0.1) is 5.92 Å². The molecule has 0 saturated carbocycles. The molecule has 0 aromatic heterocycles. The Morgan fingerprint density at radius 1 is 1.05 bits per heavy atom. The monoisotopic (exact) mass is 526 g/mol. The summed E-state index contributed by atoms with van der Waals surface area (Å²) >= 11 is 0. The quantitative estimate of drug-likeness (QED) is 0.465. The van der Waals surface area contributed by atoms with Gasteiger partial charge in [0.05, 0.1) is 17.3 Å². The van der Waals surface area contributed by atoms with E-state index in [4.69, 9.17) is 5.73 Å². The van der Waals surface area contributed by atoms with Crippen molar-refractivity contribution in [3.05, 3.63) is 65.7 Å². The normalized spacial score (nSPS) is 16.1. The fraction of sp³-hybridized carbons (Fsp3) is 0.360. The second kappa shape index (κ2) is 12.4. The number of halogens is 5. The molecule has 37 heavy (non-hydrogen) atoms. The standard InChI is InChI=1S/C22H22F2N4O3.C3H5F3/c1-22(23,24)12-14(11-17(25)29)20(30)28-19-21(31)26-16-10-6-5-9-15(16)18(27-19)13-7-3-2-4-8-13;1-2-3(4,5)6/h2-10,14,19H,11-12H2,1H3,(H2,25,29)(H,26,31)(H,28,30);2H2,1H3. The molecular weight excluding hydrogens is 499 g/mol. The molecular formula is C25H27F5N4O3. The van der Waals surface area contributed by atoms with E-state index in [1.54, 1.807) is 48.5 Å². The van der Waals surface area contributed by atoms with E-state index in [2.05, 4.69) is 15.6 Å². The summed E-state index contributed by atoms with van der Waals surface area (Å²) in [6.45, 7) is 1.73. The SMILES string of the molecule is CC(F)(F)CC(CC(N)=O)C(=O)NC1N=C(c2ccccc2)c2ccccc2NC1=O.CCC(F)(F)F. The summed E-state index contributed by atoms with van der Waals surface area (Å²) < 4.78 is 59.4. The lowest BCUT2D eigenvalue weighted by molar-refractivity contribution is -0.134. The van der Waals surface area contributed by atoms with Gasteiger partial charge in [-0.1, -0.05) is 55.5 Å². The molecule has 0 bridgehead atoms. The maximum Gasteiger partial charge on any atom is 0.388 e. The van der Waals surface area contributed by atoms with Gasteiger partial charge in [-0.15, -0.1) is 0 Å².